The zero-order valence-electron chi connectivity index (χ0n) is 6.03. The first-order valence-electron chi connectivity index (χ1n) is 3.30. The number of hydrogen-bond donors (Lipinski definition) is 2. The van der Waals surface area contributed by atoms with Gasteiger partial charge in [0, 0.05) is 0 Å². The van der Waals surface area contributed by atoms with Gasteiger partial charge in [-0.3, -0.25) is 0 Å². The molecule has 0 aromatic heterocycles. The summed E-state index contributed by atoms with van der Waals surface area (Å²) in [6, 6.07) is 7.25. The average molecular weight is 170 g/mol. The summed E-state index contributed by atoms with van der Waals surface area (Å²) in [7, 11) is 0. The number of rotatable bonds is 3. The van der Waals surface area contributed by atoms with Crippen LogP contribution in [0.5, 0.6) is 5.75 Å². The van der Waals surface area contributed by atoms with E-state index in [2.05, 4.69) is 12.6 Å². The predicted octanol–water partition coefficient (Wildman–Crippen LogP) is 1.45. The van der Waals surface area contributed by atoms with Crippen LogP contribution in [0.4, 0.5) is 0 Å². The highest BCUT2D eigenvalue weighted by atomic mass is 32.1. The molecule has 0 unspecified atom stereocenters. The molecule has 0 saturated heterocycles. The van der Waals surface area contributed by atoms with Gasteiger partial charge >= 0.3 is 0 Å². The molecule has 0 saturated carbocycles. The number of aliphatic hydroxyl groups excluding tert-OH is 1. The summed E-state index contributed by atoms with van der Waals surface area (Å²) < 4.78 is 5.09. The van der Waals surface area contributed by atoms with E-state index in [1.54, 1.807) is 0 Å². The van der Waals surface area contributed by atoms with Crippen molar-refractivity contribution in [3.8, 4) is 5.75 Å². The molecule has 1 aromatic carbocycles. The van der Waals surface area contributed by atoms with Gasteiger partial charge in [-0.25, -0.2) is 0 Å². The Balaban J connectivity index is 2.66. The Morgan fingerprint density at radius 2 is 1.91 bits per heavy atom. The van der Waals surface area contributed by atoms with Gasteiger partial charge in [0.1, 0.15) is 11.7 Å². The Kier molecular flexibility index (Phi) is 3.26. The maximum Gasteiger partial charge on any atom is 0.131 e. The van der Waals surface area contributed by atoms with Gasteiger partial charge < -0.3 is 9.84 Å². The van der Waals surface area contributed by atoms with Crippen molar-refractivity contribution >= 4 is 12.6 Å². The van der Waals surface area contributed by atoms with Crippen molar-refractivity contribution in [2.24, 2.45) is 0 Å². The molecule has 0 radical (unpaired) electrons. The minimum atomic E-state index is 0.0706. The number of thiol groups is 1. The Labute approximate surface area is 71.2 Å². The maximum absolute atomic E-state index is 8.70. The molecule has 3 heteroatoms. The monoisotopic (exact) mass is 170 g/mol. The third-order valence-electron chi connectivity index (χ3n) is 1.34. The van der Waals surface area contributed by atoms with E-state index in [1.807, 2.05) is 24.3 Å². The second-order valence-corrected chi connectivity index (χ2v) is 2.33. The van der Waals surface area contributed by atoms with Crippen LogP contribution in [-0.4, -0.2) is 11.0 Å². The maximum atomic E-state index is 8.70. The smallest absolute Gasteiger partial charge is 0.131 e. The highest BCUT2D eigenvalue weighted by Gasteiger charge is 1.91. The van der Waals surface area contributed by atoms with Crippen LogP contribution >= 0.6 is 12.6 Å². The molecule has 0 bridgehead atoms. The van der Waals surface area contributed by atoms with Crippen molar-refractivity contribution in [1.82, 2.24) is 0 Å². The van der Waals surface area contributed by atoms with Crippen LogP contribution < -0.4 is 4.74 Å². The third kappa shape index (κ3) is 2.44. The molecule has 0 atom stereocenters. The molecule has 0 heterocycles. The summed E-state index contributed by atoms with van der Waals surface area (Å²) in [5.74, 6) is 1.15. The van der Waals surface area contributed by atoms with Crippen LogP contribution in [0, 0.1) is 0 Å². The van der Waals surface area contributed by atoms with Crippen molar-refractivity contribution in [3.05, 3.63) is 29.8 Å². The molecule has 2 nitrogen and oxygen atoms in total. The largest absolute Gasteiger partial charge is 0.483 e. The fraction of sp³-hybridized carbons (Fsp3) is 0.250. The molecule has 0 aliphatic carbocycles. The number of hydrogen-bond acceptors (Lipinski definition) is 3. The normalized spacial score (nSPS) is 9.64. The molecular weight excluding hydrogens is 160 g/mol. The van der Waals surface area contributed by atoms with Crippen LogP contribution in [0.3, 0.4) is 0 Å². The molecule has 11 heavy (non-hydrogen) atoms. The summed E-state index contributed by atoms with van der Waals surface area (Å²) in [6.45, 7) is 0.0706. The summed E-state index contributed by atoms with van der Waals surface area (Å²) in [5, 5.41) is 8.70. The van der Waals surface area contributed by atoms with E-state index < -0.39 is 0 Å². The summed E-state index contributed by atoms with van der Waals surface area (Å²) in [6.07, 6.45) is 0. The highest BCUT2D eigenvalue weighted by Crippen LogP contribution is 2.11. The number of aliphatic hydroxyl groups is 1. The molecule has 1 aromatic rings. The van der Waals surface area contributed by atoms with Gasteiger partial charge in [0.25, 0.3) is 0 Å². The fourth-order valence-corrected chi connectivity index (χ4v) is 0.915. The first kappa shape index (κ1) is 8.43. The van der Waals surface area contributed by atoms with Gasteiger partial charge in [0.2, 0.25) is 0 Å². The lowest BCUT2D eigenvalue weighted by molar-refractivity contribution is 0.281. The topological polar surface area (TPSA) is 29.5 Å². The van der Waals surface area contributed by atoms with Crippen LogP contribution in [0.15, 0.2) is 24.3 Å². The van der Waals surface area contributed by atoms with E-state index in [1.165, 1.54) is 0 Å². The lowest BCUT2D eigenvalue weighted by atomic mass is 10.2. The molecule has 0 amide bonds. The summed E-state index contributed by atoms with van der Waals surface area (Å²) in [5.41, 5.74) is 0.886. The first-order chi connectivity index (χ1) is 5.36. The second-order valence-electron chi connectivity index (χ2n) is 2.08. The van der Waals surface area contributed by atoms with E-state index in [4.69, 9.17) is 9.84 Å². The Hall–Kier alpha value is -0.670. The van der Waals surface area contributed by atoms with E-state index in [0.29, 0.717) is 5.94 Å². The molecular formula is C8H10O2S. The van der Waals surface area contributed by atoms with Gasteiger partial charge in [-0.2, -0.15) is 0 Å². The SMILES string of the molecule is OCc1ccc(OCS)cc1. The summed E-state index contributed by atoms with van der Waals surface area (Å²) >= 11 is 3.91. The third-order valence-corrected chi connectivity index (χ3v) is 1.47. The molecule has 0 spiro atoms. The molecule has 1 N–H and O–H groups in total. The Bertz CT molecular complexity index is 208. The minimum Gasteiger partial charge on any atom is -0.483 e. The van der Waals surface area contributed by atoms with Crippen LogP contribution in [0.2, 0.25) is 0 Å². The van der Waals surface area contributed by atoms with Crippen molar-refractivity contribution in [2.45, 2.75) is 6.61 Å². The second kappa shape index (κ2) is 4.26. The van der Waals surface area contributed by atoms with Gasteiger partial charge in [-0.1, -0.05) is 12.1 Å². The lowest BCUT2D eigenvalue weighted by Crippen LogP contribution is -1.89. The standard InChI is InChI=1S/C8H10O2S/c9-5-7-1-3-8(4-2-7)10-6-11/h1-4,9,11H,5-6H2. The lowest BCUT2D eigenvalue weighted by Gasteiger charge is -2.01. The predicted molar refractivity (Wildman–Crippen MR) is 46.8 cm³/mol. The van der Waals surface area contributed by atoms with E-state index >= 15 is 0 Å². The van der Waals surface area contributed by atoms with Crippen LogP contribution in [0.25, 0.3) is 0 Å². The van der Waals surface area contributed by atoms with Crippen LogP contribution in [0.1, 0.15) is 5.56 Å². The Morgan fingerprint density at radius 1 is 1.27 bits per heavy atom. The van der Waals surface area contributed by atoms with Gasteiger partial charge in [0.05, 0.1) is 6.61 Å². The Morgan fingerprint density at radius 3 is 2.36 bits per heavy atom. The zero-order chi connectivity index (χ0) is 8.10. The van der Waals surface area contributed by atoms with Crippen molar-refractivity contribution < 1.29 is 9.84 Å². The van der Waals surface area contributed by atoms with Gasteiger partial charge in [-0.15, -0.1) is 12.6 Å². The molecule has 0 fully saturated rings. The molecule has 1 rings (SSSR count). The van der Waals surface area contributed by atoms with Crippen molar-refractivity contribution in [2.75, 3.05) is 5.94 Å². The summed E-state index contributed by atoms with van der Waals surface area (Å²) in [4.78, 5) is 0. The quantitative estimate of drug-likeness (QED) is 0.531. The van der Waals surface area contributed by atoms with Crippen molar-refractivity contribution in [3.63, 3.8) is 0 Å². The molecule has 0 aliphatic heterocycles. The number of benzene rings is 1. The van der Waals surface area contributed by atoms with E-state index in [-0.39, 0.29) is 6.61 Å². The van der Waals surface area contributed by atoms with Crippen molar-refractivity contribution in [1.29, 1.82) is 0 Å². The zero-order valence-corrected chi connectivity index (χ0v) is 6.92. The highest BCUT2D eigenvalue weighted by molar-refractivity contribution is 7.80. The van der Waals surface area contributed by atoms with E-state index in [9.17, 15) is 0 Å². The van der Waals surface area contributed by atoms with Gasteiger partial charge in [0.15, 0.2) is 0 Å². The average Bonchev–Trinajstić information content (AvgIpc) is 2.07. The fourth-order valence-electron chi connectivity index (χ4n) is 0.766. The molecule has 0 aliphatic rings. The number of ether oxygens (including phenoxy) is 1. The minimum absolute atomic E-state index is 0.0706. The molecule has 60 valence electrons. The first-order valence-corrected chi connectivity index (χ1v) is 3.93. The van der Waals surface area contributed by atoms with Crippen LogP contribution in [-0.2, 0) is 6.61 Å². The van der Waals surface area contributed by atoms with E-state index in [0.717, 1.165) is 11.3 Å². The van der Waals surface area contributed by atoms with Gasteiger partial charge in [-0.05, 0) is 17.7 Å².